The molecule has 0 radical (unpaired) electrons. The van der Waals surface area contributed by atoms with Crippen LogP contribution in [-0.2, 0) is 0 Å². The van der Waals surface area contributed by atoms with E-state index in [4.69, 9.17) is 5.73 Å². The fourth-order valence-corrected chi connectivity index (χ4v) is 1.95. The Hall–Kier alpha value is -2.57. The highest BCUT2D eigenvalue weighted by atomic mass is 16.6. The van der Waals surface area contributed by atoms with E-state index in [2.05, 4.69) is 10.4 Å². The van der Waals surface area contributed by atoms with E-state index >= 15 is 0 Å². The fraction of sp³-hybridized carbons (Fsp3) is 0.308. The lowest BCUT2D eigenvalue weighted by Crippen LogP contribution is -2.08. The van der Waals surface area contributed by atoms with Gasteiger partial charge in [-0.1, -0.05) is 0 Å². The first kappa shape index (κ1) is 13.9. The topological polar surface area (TPSA) is 99.0 Å². The number of benzene rings is 1. The van der Waals surface area contributed by atoms with Gasteiger partial charge in [0.2, 0.25) is 5.82 Å². The third kappa shape index (κ3) is 2.56. The Balaban J connectivity index is 2.48. The van der Waals surface area contributed by atoms with Crippen molar-refractivity contribution in [3.05, 3.63) is 40.1 Å². The van der Waals surface area contributed by atoms with Gasteiger partial charge in [-0.25, -0.2) is 4.68 Å². The molecule has 0 amide bonds. The molecule has 0 aliphatic carbocycles. The van der Waals surface area contributed by atoms with Crippen LogP contribution in [0.4, 0.5) is 22.9 Å². The second-order valence-electron chi connectivity index (χ2n) is 4.83. The van der Waals surface area contributed by atoms with Crippen molar-refractivity contribution in [2.45, 2.75) is 26.8 Å². The van der Waals surface area contributed by atoms with Crippen molar-refractivity contribution in [2.24, 2.45) is 0 Å². The van der Waals surface area contributed by atoms with E-state index in [1.807, 2.05) is 13.8 Å². The average Bonchev–Trinajstić information content (AvgIpc) is 2.69. The van der Waals surface area contributed by atoms with Crippen molar-refractivity contribution in [1.82, 2.24) is 9.78 Å². The maximum atomic E-state index is 11.2. The zero-order valence-corrected chi connectivity index (χ0v) is 11.6. The zero-order valence-electron chi connectivity index (χ0n) is 11.6. The van der Waals surface area contributed by atoms with Gasteiger partial charge in [-0.15, -0.1) is 0 Å². The fourth-order valence-electron chi connectivity index (χ4n) is 1.95. The minimum atomic E-state index is -0.416. The largest absolute Gasteiger partial charge is 0.399 e. The van der Waals surface area contributed by atoms with Crippen LogP contribution < -0.4 is 11.1 Å². The molecule has 2 rings (SSSR count). The Bertz CT molecular complexity index is 631. The summed E-state index contributed by atoms with van der Waals surface area (Å²) in [5.74, 6) is 0.382. The highest BCUT2D eigenvalue weighted by Gasteiger charge is 2.26. The standard InChI is InChI=1S/C13H17N5O2/c1-8(2)17-13(12(18(19)20)9(3)16-17)15-11-6-4-10(14)5-7-11/h4-8,15H,14H2,1-3H3. The Morgan fingerprint density at radius 1 is 1.35 bits per heavy atom. The van der Waals surface area contributed by atoms with Gasteiger partial charge in [0.15, 0.2) is 0 Å². The van der Waals surface area contributed by atoms with Crippen LogP contribution in [0, 0.1) is 17.0 Å². The quantitative estimate of drug-likeness (QED) is 0.507. The Morgan fingerprint density at radius 3 is 2.45 bits per heavy atom. The van der Waals surface area contributed by atoms with Gasteiger partial charge in [0.05, 0.1) is 4.92 Å². The molecule has 0 atom stereocenters. The van der Waals surface area contributed by atoms with Crippen LogP contribution in [0.5, 0.6) is 0 Å². The first-order valence-electron chi connectivity index (χ1n) is 6.26. The Morgan fingerprint density at radius 2 is 1.95 bits per heavy atom. The smallest absolute Gasteiger partial charge is 0.334 e. The maximum Gasteiger partial charge on any atom is 0.334 e. The van der Waals surface area contributed by atoms with E-state index in [1.165, 1.54) is 0 Å². The molecule has 0 spiro atoms. The van der Waals surface area contributed by atoms with Crippen LogP contribution in [0.1, 0.15) is 25.6 Å². The first-order valence-corrected chi connectivity index (χ1v) is 6.26. The number of nitro groups is 1. The molecule has 7 heteroatoms. The van der Waals surface area contributed by atoms with E-state index in [0.717, 1.165) is 5.69 Å². The molecular weight excluding hydrogens is 258 g/mol. The molecule has 0 saturated carbocycles. The van der Waals surface area contributed by atoms with Gasteiger partial charge in [0, 0.05) is 17.4 Å². The van der Waals surface area contributed by atoms with Gasteiger partial charge in [-0.2, -0.15) is 5.10 Å². The monoisotopic (exact) mass is 275 g/mol. The van der Waals surface area contributed by atoms with Crippen LogP contribution in [0.2, 0.25) is 0 Å². The Labute approximate surface area is 116 Å². The van der Waals surface area contributed by atoms with Crippen LogP contribution in [-0.4, -0.2) is 14.7 Å². The lowest BCUT2D eigenvalue weighted by atomic mass is 10.3. The third-order valence-electron chi connectivity index (χ3n) is 2.90. The van der Waals surface area contributed by atoms with Crippen molar-refractivity contribution in [2.75, 3.05) is 11.1 Å². The molecule has 0 aliphatic heterocycles. The lowest BCUT2D eigenvalue weighted by Gasteiger charge is -2.12. The molecular formula is C13H17N5O2. The number of rotatable bonds is 4. The molecule has 3 N–H and O–H groups in total. The number of nitrogens with one attached hydrogen (secondary N) is 1. The van der Waals surface area contributed by atoms with Gasteiger partial charge < -0.3 is 11.1 Å². The summed E-state index contributed by atoms with van der Waals surface area (Å²) in [6.45, 7) is 5.47. The number of aryl methyl sites for hydroxylation is 1. The molecule has 106 valence electrons. The number of nitrogens with zero attached hydrogens (tertiary/aromatic N) is 3. The second-order valence-corrected chi connectivity index (χ2v) is 4.83. The number of hydrogen-bond acceptors (Lipinski definition) is 5. The molecule has 0 aliphatic rings. The summed E-state index contributed by atoms with van der Waals surface area (Å²) in [6, 6.07) is 7.02. The SMILES string of the molecule is Cc1nn(C(C)C)c(Nc2ccc(N)cc2)c1[N+](=O)[O-]. The molecule has 20 heavy (non-hydrogen) atoms. The predicted molar refractivity (Wildman–Crippen MR) is 78.1 cm³/mol. The molecule has 1 heterocycles. The molecule has 7 nitrogen and oxygen atoms in total. The summed E-state index contributed by atoms with van der Waals surface area (Å²) in [6.07, 6.45) is 0. The average molecular weight is 275 g/mol. The maximum absolute atomic E-state index is 11.2. The predicted octanol–water partition coefficient (Wildman–Crippen LogP) is 3.01. The van der Waals surface area contributed by atoms with Gasteiger partial charge in [-0.3, -0.25) is 10.1 Å². The zero-order chi connectivity index (χ0) is 14.9. The van der Waals surface area contributed by atoms with Gasteiger partial charge in [0.25, 0.3) is 0 Å². The van der Waals surface area contributed by atoms with Crippen molar-refractivity contribution >= 4 is 22.9 Å². The molecule has 1 aromatic heterocycles. The van der Waals surface area contributed by atoms with Gasteiger partial charge in [0.1, 0.15) is 5.69 Å². The highest BCUT2D eigenvalue weighted by molar-refractivity contribution is 5.68. The van der Waals surface area contributed by atoms with Crippen molar-refractivity contribution in [1.29, 1.82) is 0 Å². The summed E-state index contributed by atoms with van der Waals surface area (Å²) in [7, 11) is 0. The molecule has 0 saturated heterocycles. The van der Waals surface area contributed by atoms with Crippen molar-refractivity contribution in [3.63, 3.8) is 0 Å². The number of aromatic nitrogens is 2. The summed E-state index contributed by atoms with van der Waals surface area (Å²) in [5, 5.41) is 18.5. The highest BCUT2D eigenvalue weighted by Crippen LogP contribution is 2.33. The van der Waals surface area contributed by atoms with Crippen LogP contribution in [0.3, 0.4) is 0 Å². The number of nitrogen functional groups attached to an aromatic ring is 1. The summed E-state index contributed by atoms with van der Waals surface area (Å²) >= 11 is 0. The van der Waals surface area contributed by atoms with E-state index < -0.39 is 4.92 Å². The van der Waals surface area contributed by atoms with E-state index in [1.54, 1.807) is 35.9 Å². The first-order chi connectivity index (χ1) is 9.40. The molecule has 0 fully saturated rings. The van der Waals surface area contributed by atoms with Crippen molar-refractivity contribution < 1.29 is 4.92 Å². The second kappa shape index (κ2) is 5.20. The summed E-state index contributed by atoms with van der Waals surface area (Å²) in [5.41, 5.74) is 7.38. The van der Waals surface area contributed by atoms with Crippen LogP contribution in [0.25, 0.3) is 0 Å². The van der Waals surface area contributed by atoms with Gasteiger partial charge in [-0.05, 0) is 45.0 Å². The molecule has 2 aromatic rings. The Kier molecular flexibility index (Phi) is 3.60. The molecule has 0 unspecified atom stereocenters. The number of anilines is 3. The van der Waals surface area contributed by atoms with E-state index in [0.29, 0.717) is 17.2 Å². The minimum absolute atomic E-state index is 0.00414. The van der Waals surface area contributed by atoms with Crippen LogP contribution >= 0.6 is 0 Å². The molecule has 1 aromatic carbocycles. The summed E-state index contributed by atoms with van der Waals surface area (Å²) in [4.78, 5) is 10.8. The third-order valence-corrected chi connectivity index (χ3v) is 2.90. The van der Waals surface area contributed by atoms with Crippen molar-refractivity contribution in [3.8, 4) is 0 Å². The van der Waals surface area contributed by atoms with Crippen LogP contribution in [0.15, 0.2) is 24.3 Å². The lowest BCUT2D eigenvalue weighted by molar-refractivity contribution is -0.384. The van der Waals surface area contributed by atoms with Gasteiger partial charge >= 0.3 is 5.69 Å². The normalized spacial score (nSPS) is 10.8. The molecule has 0 bridgehead atoms. The minimum Gasteiger partial charge on any atom is -0.399 e. The number of hydrogen-bond donors (Lipinski definition) is 2. The number of nitrogens with two attached hydrogens (primary N) is 1. The van der Waals surface area contributed by atoms with E-state index in [9.17, 15) is 10.1 Å². The van der Waals surface area contributed by atoms with E-state index in [-0.39, 0.29) is 11.7 Å². The summed E-state index contributed by atoms with van der Waals surface area (Å²) < 4.78 is 1.61.